The van der Waals surface area contributed by atoms with Gasteiger partial charge in [-0.2, -0.15) is 0 Å². The van der Waals surface area contributed by atoms with Crippen molar-refractivity contribution in [3.05, 3.63) is 59.1 Å². The molecule has 0 spiro atoms. The van der Waals surface area contributed by atoms with Gasteiger partial charge in [0.1, 0.15) is 0 Å². The quantitative estimate of drug-likeness (QED) is 0.675. The number of carbonyl (C=O) groups excluding carboxylic acids is 1. The fraction of sp³-hybridized carbons (Fsp3) is 0.300. The average Bonchev–Trinajstić information content (AvgIpc) is 3.43. The minimum Gasteiger partial charge on any atom is -0.371 e. The van der Waals surface area contributed by atoms with Gasteiger partial charge in [-0.3, -0.25) is 4.79 Å². The van der Waals surface area contributed by atoms with Crippen molar-refractivity contribution in [1.29, 1.82) is 0 Å². The highest BCUT2D eigenvalue weighted by Gasteiger charge is 2.21. The molecule has 1 aliphatic rings. The van der Waals surface area contributed by atoms with Crippen molar-refractivity contribution < 1.29 is 9.32 Å². The molecule has 1 aliphatic heterocycles. The maximum Gasteiger partial charge on any atom is 0.276 e. The van der Waals surface area contributed by atoms with Crippen LogP contribution in [0.5, 0.6) is 0 Å². The number of benzene rings is 1. The summed E-state index contributed by atoms with van der Waals surface area (Å²) in [4.78, 5) is 17.8. The molecule has 0 aliphatic carbocycles. The Labute approximate surface area is 156 Å². The molecule has 1 amide bonds. The van der Waals surface area contributed by atoms with E-state index >= 15 is 0 Å². The van der Waals surface area contributed by atoms with E-state index in [0.29, 0.717) is 18.0 Å². The van der Waals surface area contributed by atoms with Crippen molar-refractivity contribution in [2.24, 2.45) is 0 Å². The number of rotatable bonds is 5. The Kier molecular flexibility index (Phi) is 4.75. The van der Waals surface area contributed by atoms with Gasteiger partial charge >= 0.3 is 0 Å². The minimum atomic E-state index is -0.132. The van der Waals surface area contributed by atoms with Gasteiger partial charge < -0.3 is 14.3 Å². The first kappa shape index (κ1) is 16.8. The first-order valence-electron chi connectivity index (χ1n) is 8.81. The number of hydrogen-bond donors (Lipinski definition) is 0. The lowest BCUT2D eigenvalue weighted by molar-refractivity contribution is 0.0775. The van der Waals surface area contributed by atoms with E-state index in [4.69, 9.17) is 4.52 Å². The van der Waals surface area contributed by atoms with Crippen LogP contribution < -0.4 is 4.90 Å². The zero-order chi connectivity index (χ0) is 17.9. The molecule has 0 bridgehead atoms. The van der Waals surface area contributed by atoms with Gasteiger partial charge in [0.25, 0.3) is 5.91 Å². The first-order chi connectivity index (χ1) is 12.7. The van der Waals surface area contributed by atoms with Crippen molar-refractivity contribution >= 4 is 22.9 Å². The Balaban J connectivity index is 1.50. The Hall–Kier alpha value is -2.60. The third kappa shape index (κ3) is 3.37. The summed E-state index contributed by atoms with van der Waals surface area (Å²) in [5, 5.41) is 5.94. The van der Waals surface area contributed by atoms with E-state index in [1.54, 1.807) is 22.3 Å². The lowest BCUT2D eigenvalue weighted by Gasteiger charge is -2.24. The number of amides is 1. The minimum absolute atomic E-state index is 0.132. The van der Waals surface area contributed by atoms with Crippen LogP contribution in [0.15, 0.2) is 52.4 Å². The van der Waals surface area contributed by atoms with Crippen molar-refractivity contribution in [2.45, 2.75) is 19.4 Å². The summed E-state index contributed by atoms with van der Waals surface area (Å²) < 4.78 is 5.34. The molecule has 3 aromatic rings. The molecule has 0 radical (unpaired) electrons. The molecule has 6 heteroatoms. The number of anilines is 1. The molecule has 1 fully saturated rings. The molecule has 4 rings (SSSR count). The maximum absolute atomic E-state index is 12.8. The number of hydrogen-bond acceptors (Lipinski definition) is 5. The van der Waals surface area contributed by atoms with E-state index < -0.39 is 0 Å². The summed E-state index contributed by atoms with van der Waals surface area (Å²) in [7, 11) is 1.81. The highest BCUT2D eigenvalue weighted by molar-refractivity contribution is 7.13. The molecule has 0 unspecified atom stereocenters. The molecule has 1 saturated heterocycles. The van der Waals surface area contributed by atoms with Gasteiger partial charge in [-0.15, -0.1) is 11.3 Å². The molecule has 0 N–H and O–H groups in total. The highest BCUT2D eigenvalue weighted by atomic mass is 32.1. The fourth-order valence-electron chi connectivity index (χ4n) is 3.34. The topological polar surface area (TPSA) is 49.6 Å². The largest absolute Gasteiger partial charge is 0.371 e. The molecule has 0 atom stereocenters. The first-order valence-corrected chi connectivity index (χ1v) is 9.69. The summed E-state index contributed by atoms with van der Waals surface area (Å²) in [5.74, 6) is 0.502. The summed E-state index contributed by atoms with van der Waals surface area (Å²) in [6, 6.07) is 13.9. The van der Waals surface area contributed by atoms with Crippen LogP contribution in [0.25, 0.3) is 10.6 Å². The van der Waals surface area contributed by atoms with Gasteiger partial charge in [0.2, 0.25) is 0 Å². The van der Waals surface area contributed by atoms with E-state index in [1.165, 1.54) is 18.5 Å². The zero-order valence-corrected chi connectivity index (χ0v) is 15.5. The van der Waals surface area contributed by atoms with Crippen LogP contribution in [-0.4, -0.2) is 36.1 Å². The standard InChI is InChI=1S/C20H21N3O2S/c1-22(14-15-7-2-3-8-17(15)23-10-4-5-11-23)20(24)16-13-18(25-21-16)19-9-6-12-26-19/h2-3,6-9,12-13H,4-5,10-11,14H2,1H3. The van der Waals surface area contributed by atoms with Crippen LogP contribution in [-0.2, 0) is 6.54 Å². The average molecular weight is 367 g/mol. The normalized spacial score (nSPS) is 14.0. The Morgan fingerprint density at radius 2 is 2.04 bits per heavy atom. The van der Waals surface area contributed by atoms with E-state index in [0.717, 1.165) is 23.5 Å². The number of para-hydroxylation sites is 1. The SMILES string of the molecule is CN(Cc1ccccc1N1CCCC1)C(=O)c1cc(-c2cccs2)on1. The molecule has 2 aromatic heterocycles. The molecular weight excluding hydrogens is 346 g/mol. The van der Waals surface area contributed by atoms with Crippen molar-refractivity contribution in [2.75, 3.05) is 25.0 Å². The van der Waals surface area contributed by atoms with Gasteiger partial charge in [0, 0.05) is 38.4 Å². The van der Waals surface area contributed by atoms with Crippen molar-refractivity contribution in [1.82, 2.24) is 10.1 Å². The third-order valence-corrected chi connectivity index (χ3v) is 5.57. The summed E-state index contributed by atoms with van der Waals surface area (Å²) in [6.07, 6.45) is 2.46. The second-order valence-corrected chi connectivity index (χ2v) is 7.49. The van der Waals surface area contributed by atoms with E-state index in [2.05, 4.69) is 28.3 Å². The Bertz CT molecular complexity index is 882. The lowest BCUT2D eigenvalue weighted by Crippen LogP contribution is -2.28. The monoisotopic (exact) mass is 367 g/mol. The zero-order valence-electron chi connectivity index (χ0n) is 14.7. The number of nitrogens with zero attached hydrogens (tertiary/aromatic N) is 3. The number of thiophene rings is 1. The third-order valence-electron chi connectivity index (χ3n) is 4.69. The molecule has 5 nitrogen and oxygen atoms in total. The Morgan fingerprint density at radius 3 is 2.81 bits per heavy atom. The Morgan fingerprint density at radius 1 is 1.23 bits per heavy atom. The second kappa shape index (κ2) is 7.33. The predicted octanol–water partition coefficient (Wildman–Crippen LogP) is 4.28. The van der Waals surface area contributed by atoms with Crippen LogP contribution >= 0.6 is 11.3 Å². The summed E-state index contributed by atoms with van der Waals surface area (Å²) in [5.41, 5.74) is 2.73. The predicted molar refractivity (Wildman–Crippen MR) is 104 cm³/mol. The lowest BCUT2D eigenvalue weighted by atomic mass is 10.1. The van der Waals surface area contributed by atoms with Crippen LogP contribution in [0.4, 0.5) is 5.69 Å². The molecule has 134 valence electrons. The smallest absolute Gasteiger partial charge is 0.276 e. The van der Waals surface area contributed by atoms with Gasteiger partial charge in [-0.1, -0.05) is 29.4 Å². The molecule has 0 saturated carbocycles. The fourth-order valence-corrected chi connectivity index (χ4v) is 4.02. The van der Waals surface area contributed by atoms with Gasteiger partial charge in [-0.25, -0.2) is 0 Å². The molecule has 3 heterocycles. The van der Waals surface area contributed by atoms with Gasteiger partial charge in [0.05, 0.1) is 4.88 Å². The van der Waals surface area contributed by atoms with Crippen molar-refractivity contribution in [3.8, 4) is 10.6 Å². The highest BCUT2D eigenvalue weighted by Crippen LogP contribution is 2.27. The summed E-state index contributed by atoms with van der Waals surface area (Å²) in [6.45, 7) is 2.72. The molecule has 1 aromatic carbocycles. The summed E-state index contributed by atoms with van der Waals surface area (Å²) >= 11 is 1.56. The maximum atomic E-state index is 12.8. The van der Waals surface area contributed by atoms with E-state index in [9.17, 15) is 4.79 Å². The number of carbonyl (C=O) groups is 1. The van der Waals surface area contributed by atoms with Crippen LogP contribution in [0.2, 0.25) is 0 Å². The second-order valence-electron chi connectivity index (χ2n) is 6.54. The van der Waals surface area contributed by atoms with E-state index in [-0.39, 0.29) is 5.91 Å². The van der Waals surface area contributed by atoms with Gasteiger partial charge in [0.15, 0.2) is 11.5 Å². The molecule has 26 heavy (non-hydrogen) atoms. The number of aromatic nitrogens is 1. The van der Waals surface area contributed by atoms with E-state index in [1.807, 2.05) is 30.6 Å². The van der Waals surface area contributed by atoms with Crippen LogP contribution in [0.1, 0.15) is 28.9 Å². The van der Waals surface area contributed by atoms with Crippen molar-refractivity contribution in [3.63, 3.8) is 0 Å². The van der Waals surface area contributed by atoms with Gasteiger partial charge in [-0.05, 0) is 35.9 Å². The molecular formula is C20H21N3O2S. The van der Waals surface area contributed by atoms with Crippen LogP contribution in [0.3, 0.4) is 0 Å². The van der Waals surface area contributed by atoms with Crippen LogP contribution in [0, 0.1) is 0 Å².